The molecule has 1 unspecified atom stereocenters. The Morgan fingerprint density at radius 1 is 1.23 bits per heavy atom. The smallest absolute Gasteiger partial charge is 0.242 e. The van der Waals surface area contributed by atoms with Gasteiger partial charge in [0.25, 0.3) is 0 Å². The maximum absolute atomic E-state index is 14.0. The molecule has 1 aromatic carbocycles. The molecule has 0 aliphatic carbocycles. The summed E-state index contributed by atoms with van der Waals surface area (Å²) in [6.07, 6.45) is 2.24. The lowest BCUT2D eigenvalue weighted by atomic mass is 10.2. The predicted molar refractivity (Wildman–Crippen MR) is 122 cm³/mol. The van der Waals surface area contributed by atoms with E-state index < -0.39 is 11.6 Å². The summed E-state index contributed by atoms with van der Waals surface area (Å²) in [6.45, 7) is 3.76. The van der Waals surface area contributed by atoms with Crippen LogP contribution in [0.5, 0.6) is 0 Å². The number of amides is 1. The SMILES string of the molecule is CCNC(=NCC(=O)NCc1ccco1)NC1CCN(c2c(F)cccc2F)C1.I. The van der Waals surface area contributed by atoms with E-state index in [1.807, 2.05) is 6.92 Å². The van der Waals surface area contributed by atoms with Gasteiger partial charge in [0.1, 0.15) is 29.6 Å². The van der Waals surface area contributed by atoms with Crippen molar-refractivity contribution in [2.75, 3.05) is 31.1 Å². The Bertz CT molecular complexity index is 827. The van der Waals surface area contributed by atoms with Crippen molar-refractivity contribution >= 4 is 41.5 Å². The Kier molecular flexibility index (Phi) is 9.34. The third-order valence-electron chi connectivity index (χ3n) is 4.55. The second-order valence-corrected chi connectivity index (χ2v) is 6.70. The fraction of sp³-hybridized carbons (Fsp3) is 0.400. The largest absolute Gasteiger partial charge is 0.467 e. The summed E-state index contributed by atoms with van der Waals surface area (Å²) in [5, 5.41) is 9.05. The van der Waals surface area contributed by atoms with Crippen LogP contribution >= 0.6 is 24.0 Å². The van der Waals surface area contributed by atoms with Gasteiger partial charge in [-0.25, -0.2) is 13.8 Å². The summed E-state index contributed by atoms with van der Waals surface area (Å²) in [7, 11) is 0. The fourth-order valence-corrected chi connectivity index (χ4v) is 3.19. The molecule has 2 heterocycles. The quantitative estimate of drug-likeness (QED) is 0.290. The second kappa shape index (κ2) is 11.7. The number of nitrogens with zero attached hydrogens (tertiary/aromatic N) is 2. The van der Waals surface area contributed by atoms with Crippen molar-refractivity contribution in [3.05, 3.63) is 54.0 Å². The van der Waals surface area contributed by atoms with E-state index in [1.165, 1.54) is 18.2 Å². The minimum atomic E-state index is -0.570. The second-order valence-electron chi connectivity index (χ2n) is 6.70. The highest BCUT2D eigenvalue weighted by Gasteiger charge is 2.27. The number of para-hydroxylation sites is 1. The Hall–Kier alpha value is -2.37. The molecule has 1 aliphatic rings. The molecular weight excluding hydrogens is 507 g/mol. The van der Waals surface area contributed by atoms with E-state index in [1.54, 1.807) is 23.3 Å². The van der Waals surface area contributed by atoms with E-state index in [0.717, 1.165) is 0 Å². The molecule has 10 heteroatoms. The highest BCUT2D eigenvalue weighted by Crippen LogP contribution is 2.26. The molecule has 1 amide bonds. The number of benzene rings is 1. The summed E-state index contributed by atoms with van der Waals surface area (Å²) >= 11 is 0. The van der Waals surface area contributed by atoms with Crippen molar-refractivity contribution in [1.82, 2.24) is 16.0 Å². The lowest BCUT2D eigenvalue weighted by Crippen LogP contribution is -2.45. The van der Waals surface area contributed by atoms with Crippen molar-refractivity contribution in [2.24, 2.45) is 4.99 Å². The monoisotopic (exact) mass is 533 g/mol. The molecule has 7 nitrogen and oxygen atoms in total. The van der Waals surface area contributed by atoms with Gasteiger partial charge in [0, 0.05) is 25.7 Å². The van der Waals surface area contributed by atoms with Crippen molar-refractivity contribution in [2.45, 2.75) is 25.9 Å². The lowest BCUT2D eigenvalue weighted by Gasteiger charge is -2.21. The number of rotatable bonds is 7. The van der Waals surface area contributed by atoms with Crippen LogP contribution < -0.4 is 20.9 Å². The number of hydrogen-bond donors (Lipinski definition) is 3. The average molecular weight is 533 g/mol. The van der Waals surface area contributed by atoms with E-state index in [0.29, 0.717) is 44.3 Å². The molecule has 3 N–H and O–H groups in total. The van der Waals surface area contributed by atoms with Gasteiger partial charge in [-0.1, -0.05) is 6.07 Å². The van der Waals surface area contributed by atoms with E-state index in [2.05, 4.69) is 20.9 Å². The maximum Gasteiger partial charge on any atom is 0.242 e. The molecule has 0 spiro atoms. The highest BCUT2D eigenvalue weighted by atomic mass is 127. The van der Waals surface area contributed by atoms with Gasteiger partial charge >= 0.3 is 0 Å². The van der Waals surface area contributed by atoms with Crippen LogP contribution in [0.25, 0.3) is 0 Å². The molecule has 2 aromatic rings. The number of carbonyl (C=O) groups is 1. The van der Waals surface area contributed by atoms with Gasteiger partial charge in [0.05, 0.1) is 12.8 Å². The molecule has 0 saturated carbocycles. The zero-order valence-electron chi connectivity index (χ0n) is 16.7. The molecule has 0 bridgehead atoms. The third-order valence-corrected chi connectivity index (χ3v) is 4.55. The van der Waals surface area contributed by atoms with Crippen molar-refractivity contribution in [1.29, 1.82) is 0 Å². The first-order valence-electron chi connectivity index (χ1n) is 9.59. The fourth-order valence-electron chi connectivity index (χ4n) is 3.19. The minimum absolute atomic E-state index is 0. The van der Waals surface area contributed by atoms with Gasteiger partial charge in [-0.15, -0.1) is 24.0 Å². The Morgan fingerprint density at radius 2 is 2.00 bits per heavy atom. The van der Waals surface area contributed by atoms with Crippen LogP contribution in [0.2, 0.25) is 0 Å². The standard InChI is InChI=1S/C20H25F2N5O2.HI/c1-2-23-20(25-12-18(28)24-11-15-5-4-10-29-15)26-14-8-9-27(13-14)19-16(21)6-3-7-17(19)22;/h3-7,10,14H,2,8-9,11-13H2,1H3,(H,24,28)(H2,23,25,26);1H. The van der Waals surface area contributed by atoms with Gasteiger partial charge < -0.3 is 25.3 Å². The van der Waals surface area contributed by atoms with E-state index >= 15 is 0 Å². The Balaban J connectivity index is 0.00000320. The molecule has 164 valence electrons. The number of guanidine groups is 1. The van der Waals surface area contributed by atoms with Crippen LogP contribution in [0.15, 0.2) is 46.0 Å². The minimum Gasteiger partial charge on any atom is -0.467 e. The summed E-state index contributed by atoms with van der Waals surface area (Å²) in [4.78, 5) is 18.0. The van der Waals surface area contributed by atoms with Crippen LogP contribution in [0.1, 0.15) is 19.1 Å². The number of halogens is 3. The number of aliphatic imine (C=N–C) groups is 1. The number of nitrogens with one attached hydrogen (secondary N) is 3. The zero-order valence-corrected chi connectivity index (χ0v) is 19.0. The summed E-state index contributed by atoms with van der Waals surface area (Å²) in [5.41, 5.74) is -0.00366. The molecule has 1 atom stereocenters. The summed E-state index contributed by atoms with van der Waals surface area (Å²) < 4.78 is 33.2. The Labute approximate surface area is 191 Å². The first kappa shape index (κ1) is 23.9. The average Bonchev–Trinajstić information content (AvgIpc) is 3.37. The molecule has 1 saturated heterocycles. The summed E-state index contributed by atoms with van der Waals surface area (Å²) in [6, 6.07) is 7.35. The van der Waals surface area contributed by atoms with Crippen LogP contribution in [-0.2, 0) is 11.3 Å². The highest BCUT2D eigenvalue weighted by molar-refractivity contribution is 14.0. The maximum atomic E-state index is 14.0. The predicted octanol–water partition coefficient (Wildman–Crippen LogP) is 2.63. The molecular formula is C20H26F2IN5O2. The van der Waals surface area contributed by atoms with Gasteiger partial charge in [0.15, 0.2) is 5.96 Å². The van der Waals surface area contributed by atoms with E-state index in [4.69, 9.17) is 4.42 Å². The lowest BCUT2D eigenvalue weighted by molar-refractivity contribution is -0.119. The molecule has 0 radical (unpaired) electrons. The normalized spacial score (nSPS) is 16.2. The zero-order chi connectivity index (χ0) is 20.6. The van der Waals surface area contributed by atoms with Crippen molar-refractivity contribution in [3.8, 4) is 0 Å². The van der Waals surface area contributed by atoms with Crippen LogP contribution in [0.4, 0.5) is 14.5 Å². The molecule has 1 aromatic heterocycles. The number of anilines is 1. The Morgan fingerprint density at radius 3 is 2.67 bits per heavy atom. The van der Waals surface area contributed by atoms with Crippen LogP contribution in [-0.4, -0.2) is 44.1 Å². The number of furan rings is 1. The third kappa shape index (κ3) is 6.57. The first-order valence-corrected chi connectivity index (χ1v) is 9.59. The number of carbonyl (C=O) groups excluding carboxylic acids is 1. The number of hydrogen-bond acceptors (Lipinski definition) is 4. The molecule has 30 heavy (non-hydrogen) atoms. The van der Waals surface area contributed by atoms with Crippen LogP contribution in [0, 0.1) is 11.6 Å². The van der Waals surface area contributed by atoms with E-state index in [9.17, 15) is 13.6 Å². The van der Waals surface area contributed by atoms with E-state index in [-0.39, 0.29) is 48.2 Å². The first-order chi connectivity index (χ1) is 14.1. The molecule has 1 fully saturated rings. The summed E-state index contributed by atoms with van der Waals surface area (Å²) in [5.74, 6) is -0.223. The van der Waals surface area contributed by atoms with Gasteiger partial charge in [0.2, 0.25) is 5.91 Å². The van der Waals surface area contributed by atoms with Crippen molar-refractivity contribution < 1.29 is 18.0 Å². The molecule has 1 aliphatic heterocycles. The molecule has 3 rings (SSSR count). The van der Waals surface area contributed by atoms with Crippen LogP contribution in [0.3, 0.4) is 0 Å². The van der Waals surface area contributed by atoms with Gasteiger partial charge in [-0.05, 0) is 37.6 Å². The van der Waals surface area contributed by atoms with Gasteiger partial charge in [-0.2, -0.15) is 0 Å². The van der Waals surface area contributed by atoms with Crippen molar-refractivity contribution in [3.63, 3.8) is 0 Å². The topological polar surface area (TPSA) is 81.9 Å². The van der Waals surface area contributed by atoms with Gasteiger partial charge in [-0.3, -0.25) is 4.79 Å².